The molecule has 32 heavy (non-hydrogen) atoms. The van der Waals surface area contributed by atoms with Crippen molar-refractivity contribution in [2.24, 2.45) is 5.92 Å². The summed E-state index contributed by atoms with van der Waals surface area (Å²) in [4.78, 5) is 19.7. The van der Waals surface area contributed by atoms with Crippen molar-refractivity contribution in [2.75, 3.05) is 20.3 Å². The first kappa shape index (κ1) is 22.1. The molecule has 0 spiro atoms. The third-order valence-corrected chi connectivity index (χ3v) is 6.32. The van der Waals surface area contributed by atoms with Crippen molar-refractivity contribution in [3.05, 3.63) is 77.9 Å². The van der Waals surface area contributed by atoms with Crippen molar-refractivity contribution in [1.29, 1.82) is 0 Å². The van der Waals surface area contributed by atoms with Crippen LogP contribution < -0.4 is 4.74 Å². The van der Waals surface area contributed by atoms with E-state index in [0.717, 1.165) is 34.7 Å². The van der Waals surface area contributed by atoms with Crippen LogP contribution in [-0.2, 0) is 4.79 Å². The Labute approximate surface area is 189 Å². The second-order valence-electron chi connectivity index (χ2n) is 8.50. The lowest BCUT2D eigenvalue weighted by Crippen LogP contribution is -2.36. The number of carbonyl (C=O) groups excluding carboxylic acids is 1. The molecule has 2 aromatic carbocycles. The number of hydrogen-bond donors (Lipinski definition) is 1. The van der Waals surface area contributed by atoms with Gasteiger partial charge in [-0.1, -0.05) is 36.4 Å². The van der Waals surface area contributed by atoms with Gasteiger partial charge in [-0.2, -0.15) is 0 Å². The molecule has 6 heteroatoms. The highest BCUT2D eigenvalue weighted by Crippen LogP contribution is 2.50. The molecular formula is C26H31N3O3. The van der Waals surface area contributed by atoms with Gasteiger partial charge in [-0.25, -0.2) is 4.98 Å². The van der Waals surface area contributed by atoms with Crippen LogP contribution in [0.25, 0.3) is 5.69 Å². The Morgan fingerprint density at radius 3 is 2.72 bits per heavy atom. The maximum Gasteiger partial charge on any atom is 0.226 e. The number of nitrogens with zero attached hydrogens (tertiary/aromatic N) is 3. The molecule has 1 aliphatic rings. The number of ether oxygens (including phenoxy) is 1. The van der Waals surface area contributed by atoms with E-state index in [-0.39, 0.29) is 30.4 Å². The fraction of sp³-hybridized carbons (Fsp3) is 0.385. The fourth-order valence-electron chi connectivity index (χ4n) is 4.39. The van der Waals surface area contributed by atoms with Gasteiger partial charge in [0.15, 0.2) is 0 Å². The zero-order chi connectivity index (χ0) is 22.7. The molecule has 6 nitrogen and oxygen atoms in total. The Balaban J connectivity index is 1.52. The molecule has 3 aromatic rings. The number of imidazole rings is 1. The SMILES string of the molecule is COc1cc(C2CC2C(=O)N(CCCO)C(C)c2ccccc2)ccc1-n1cnc(C)c1. The largest absolute Gasteiger partial charge is 0.495 e. The van der Waals surface area contributed by atoms with E-state index in [1.54, 1.807) is 13.4 Å². The zero-order valence-corrected chi connectivity index (χ0v) is 18.9. The lowest BCUT2D eigenvalue weighted by molar-refractivity contribution is -0.135. The van der Waals surface area contributed by atoms with Crippen molar-refractivity contribution in [3.8, 4) is 11.4 Å². The van der Waals surface area contributed by atoms with Crippen LogP contribution in [0, 0.1) is 12.8 Å². The minimum atomic E-state index is -0.0362. The summed E-state index contributed by atoms with van der Waals surface area (Å²) in [5, 5.41) is 9.35. The van der Waals surface area contributed by atoms with Crippen LogP contribution in [0.2, 0.25) is 0 Å². The van der Waals surface area contributed by atoms with Crippen LogP contribution in [-0.4, -0.2) is 45.7 Å². The number of aryl methyl sites for hydroxylation is 1. The normalized spacial score (nSPS) is 18.2. The summed E-state index contributed by atoms with van der Waals surface area (Å²) < 4.78 is 7.60. The maximum atomic E-state index is 13.5. The number of hydrogen-bond acceptors (Lipinski definition) is 4. The summed E-state index contributed by atoms with van der Waals surface area (Å²) in [5.74, 6) is 1.08. The van der Waals surface area contributed by atoms with E-state index in [1.807, 2.05) is 52.9 Å². The van der Waals surface area contributed by atoms with Crippen molar-refractivity contribution in [3.63, 3.8) is 0 Å². The fourth-order valence-corrected chi connectivity index (χ4v) is 4.39. The smallest absolute Gasteiger partial charge is 0.226 e. The van der Waals surface area contributed by atoms with Gasteiger partial charge in [-0.15, -0.1) is 0 Å². The third kappa shape index (κ3) is 4.55. The van der Waals surface area contributed by atoms with Gasteiger partial charge in [0.05, 0.1) is 30.9 Å². The Bertz CT molecular complexity index is 1060. The van der Waals surface area contributed by atoms with E-state index < -0.39 is 0 Å². The summed E-state index contributed by atoms with van der Waals surface area (Å²) in [6.45, 7) is 4.65. The van der Waals surface area contributed by atoms with Gasteiger partial charge in [-0.05, 0) is 55.9 Å². The van der Waals surface area contributed by atoms with Crippen LogP contribution in [0.15, 0.2) is 61.1 Å². The molecule has 1 fully saturated rings. The van der Waals surface area contributed by atoms with E-state index in [0.29, 0.717) is 13.0 Å². The van der Waals surface area contributed by atoms with E-state index in [1.165, 1.54) is 0 Å². The molecule has 0 radical (unpaired) electrons. The van der Waals surface area contributed by atoms with Crippen LogP contribution >= 0.6 is 0 Å². The lowest BCUT2D eigenvalue weighted by atomic mass is 10.0. The van der Waals surface area contributed by atoms with E-state index in [2.05, 4.69) is 30.1 Å². The minimum Gasteiger partial charge on any atom is -0.495 e. The molecule has 0 saturated heterocycles. The first-order valence-electron chi connectivity index (χ1n) is 11.2. The average Bonchev–Trinajstić information content (AvgIpc) is 3.52. The summed E-state index contributed by atoms with van der Waals surface area (Å²) in [7, 11) is 1.67. The monoisotopic (exact) mass is 433 g/mol. The van der Waals surface area contributed by atoms with Crippen LogP contribution in [0.3, 0.4) is 0 Å². The quantitative estimate of drug-likeness (QED) is 0.547. The Morgan fingerprint density at radius 1 is 1.28 bits per heavy atom. The summed E-state index contributed by atoms with van der Waals surface area (Å²) >= 11 is 0. The van der Waals surface area contributed by atoms with Crippen molar-refractivity contribution >= 4 is 5.91 Å². The van der Waals surface area contributed by atoms with Crippen LogP contribution in [0.1, 0.15) is 48.5 Å². The Morgan fingerprint density at radius 2 is 2.06 bits per heavy atom. The van der Waals surface area contributed by atoms with Gasteiger partial charge in [0.2, 0.25) is 5.91 Å². The van der Waals surface area contributed by atoms with E-state index >= 15 is 0 Å². The molecule has 1 amide bonds. The number of methoxy groups -OCH3 is 1. The summed E-state index contributed by atoms with van der Waals surface area (Å²) in [6, 6.07) is 16.2. The number of rotatable bonds is 9. The molecule has 1 saturated carbocycles. The lowest BCUT2D eigenvalue weighted by Gasteiger charge is -2.30. The molecule has 3 unspecified atom stereocenters. The highest BCUT2D eigenvalue weighted by Gasteiger charge is 2.46. The Kier molecular flexibility index (Phi) is 6.61. The molecular weight excluding hydrogens is 402 g/mol. The van der Waals surface area contributed by atoms with Gasteiger partial charge < -0.3 is 19.3 Å². The van der Waals surface area contributed by atoms with E-state index in [4.69, 9.17) is 4.74 Å². The summed E-state index contributed by atoms with van der Waals surface area (Å²) in [6.07, 6.45) is 5.15. The van der Waals surface area contributed by atoms with E-state index in [9.17, 15) is 9.90 Å². The molecule has 4 rings (SSSR count). The maximum absolute atomic E-state index is 13.5. The van der Waals surface area contributed by atoms with Gasteiger partial charge in [0, 0.05) is 25.3 Å². The number of amides is 1. The van der Waals surface area contributed by atoms with Crippen molar-refractivity contribution in [2.45, 2.75) is 38.6 Å². The number of aliphatic hydroxyl groups excluding tert-OH is 1. The molecule has 1 aliphatic carbocycles. The number of benzene rings is 2. The van der Waals surface area contributed by atoms with Crippen LogP contribution in [0.4, 0.5) is 0 Å². The van der Waals surface area contributed by atoms with Gasteiger partial charge >= 0.3 is 0 Å². The van der Waals surface area contributed by atoms with Gasteiger partial charge in [-0.3, -0.25) is 4.79 Å². The molecule has 0 bridgehead atoms. The predicted octanol–water partition coefficient (Wildman–Crippen LogP) is 4.27. The topological polar surface area (TPSA) is 67.6 Å². The molecule has 0 aliphatic heterocycles. The molecule has 3 atom stereocenters. The summed E-state index contributed by atoms with van der Waals surface area (Å²) in [5.41, 5.74) is 4.11. The minimum absolute atomic E-state index is 0.0297. The average molecular weight is 434 g/mol. The highest BCUT2D eigenvalue weighted by atomic mass is 16.5. The van der Waals surface area contributed by atoms with Crippen molar-refractivity contribution < 1.29 is 14.6 Å². The molecule has 1 aromatic heterocycles. The zero-order valence-electron chi connectivity index (χ0n) is 18.9. The molecule has 1 heterocycles. The molecule has 1 N–H and O–H groups in total. The van der Waals surface area contributed by atoms with Gasteiger partial charge in [0.1, 0.15) is 5.75 Å². The molecule has 168 valence electrons. The standard InChI is InChI=1S/C26H31N3O3/c1-18-16-28(17-27-18)24-11-10-21(14-25(24)32-3)22-15-23(22)26(31)29(12-7-13-30)19(2)20-8-5-4-6-9-20/h4-6,8-11,14,16-17,19,22-23,30H,7,12-13,15H2,1-3H3. The number of aromatic nitrogens is 2. The first-order valence-corrected chi connectivity index (χ1v) is 11.2. The number of aliphatic hydroxyl groups is 1. The van der Waals surface area contributed by atoms with Gasteiger partial charge in [0.25, 0.3) is 0 Å². The van der Waals surface area contributed by atoms with Crippen molar-refractivity contribution in [1.82, 2.24) is 14.5 Å². The predicted molar refractivity (Wildman–Crippen MR) is 124 cm³/mol. The second kappa shape index (κ2) is 9.57. The third-order valence-electron chi connectivity index (χ3n) is 6.32. The first-order chi connectivity index (χ1) is 15.5. The second-order valence-corrected chi connectivity index (χ2v) is 8.50. The Hall–Kier alpha value is -3.12. The van der Waals surface area contributed by atoms with Crippen LogP contribution in [0.5, 0.6) is 5.75 Å². The highest BCUT2D eigenvalue weighted by molar-refractivity contribution is 5.83. The number of carbonyl (C=O) groups is 1.